The Kier molecular flexibility index (Phi) is 8.03. The van der Waals surface area contributed by atoms with Gasteiger partial charge >= 0.3 is 5.97 Å². The fourth-order valence-electron chi connectivity index (χ4n) is 6.36. The van der Waals surface area contributed by atoms with Gasteiger partial charge < -0.3 is 19.3 Å². The number of amides is 2. The highest BCUT2D eigenvalue weighted by molar-refractivity contribution is 7.99. The van der Waals surface area contributed by atoms with Crippen molar-refractivity contribution in [2.24, 2.45) is 16.7 Å². The van der Waals surface area contributed by atoms with Crippen LogP contribution in [0.3, 0.4) is 0 Å². The molecule has 0 radical (unpaired) electrons. The standard InChI is InChI=1S/C32H40N2O5S/c1-21-32(30(37)38-5)19-24(17-28(35)33-13-15-40-16-14-33)29(36)34(26(32)18-27(39-21)31(2,3)4)20-23-11-8-10-22-9-6-7-12-25(22)23/h6-12,18,21,24,27H,13-17,19-20H2,1-5H3/t21-,24+,27-,32+/m1/s1. The number of likely N-dealkylation sites (tertiary alicyclic amines) is 1. The van der Waals surface area contributed by atoms with Gasteiger partial charge in [0.25, 0.3) is 0 Å². The van der Waals surface area contributed by atoms with Crippen molar-refractivity contribution in [1.82, 2.24) is 9.80 Å². The first-order chi connectivity index (χ1) is 19.1. The number of methoxy groups -OCH3 is 1. The summed E-state index contributed by atoms with van der Waals surface area (Å²) in [6.45, 7) is 9.82. The molecule has 2 saturated heterocycles. The molecular weight excluding hydrogens is 524 g/mol. The zero-order valence-corrected chi connectivity index (χ0v) is 25.0. The van der Waals surface area contributed by atoms with E-state index in [1.165, 1.54) is 7.11 Å². The summed E-state index contributed by atoms with van der Waals surface area (Å²) in [6.07, 6.45) is 1.36. The van der Waals surface area contributed by atoms with E-state index in [9.17, 15) is 14.4 Å². The highest BCUT2D eigenvalue weighted by Crippen LogP contribution is 2.52. The van der Waals surface area contributed by atoms with Crippen LogP contribution in [-0.2, 0) is 30.4 Å². The third-order valence-corrected chi connectivity index (χ3v) is 9.62. The SMILES string of the molecule is COC(=O)[C@]12C[C@H](CC(=O)N3CCSCC3)C(=O)N(Cc3cccc4ccccc34)C1=C[C@H](C(C)(C)C)O[C@@H]2C. The van der Waals surface area contributed by atoms with Crippen LogP contribution in [0.15, 0.2) is 54.2 Å². The number of esters is 1. The second kappa shape index (κ2) is 11.2. The van der Waals surface area contributed by atoms with Gasteiger partial charge in [-0.2, -0.15) is 11.8 Å². The fourth-order valence-corrected chi connectivity index (χ4v) is 7.26. The van der Waals surface area contributed by atoms with E-state index in [2.05, 4.69) is 39.0 Å². The average molecular weight is 565 g/mol. The molecule has 0 unspecified atom stereocenters. The third kappa shape index (κ3) is 5.16. The molecule has 5 rings (SSSR count). The summed E-state index contributed by atoms with van der Waals surface area (Å²) in [5.74, 6) is 0.547. The largest absolute Gasteiger partial charge is 0.468 e. The summed E-state index contributed by atoms with van der Waals surface area (Å²) in [7, 11) is 1.38. The quantitative estimate of drug-likeness (QED) is 0.474. The zero-order chi connectivity index (χ0) is 28.7. The number of hydrogen-bond donors (Lipinski definition) is 0. The molecule has 7 nitrogen and oxygen atoms in total. The van der Waals surface area contributed by atoms with Crippen LogP contribution < -0.4 is 0 Å². The van der Waals surface area contributed by atoms with Crippen molar-refractivity contribution >= 4 is 40.3 Å². The summed E-state index contributed by atoms with van der Waals surface area (Å²) in [6, 6.07) is 14.2. The van der Waals surface area contributed by atoms with Crippen LogP contribution in [0.4, 0.5) is 0 Å². The van der Waals surface area contributed by atoms with Crippen LogP contribution in [0.2, 0.25) is 0 Å². The third-order valence-electron chi connectivity index (χ3n) is 8.68. The Balaban J connectivity index is 1.61. The maximum Gasteiger partial charge on any atom is 0.320 e. The Morgan fingerprint density at radius 1 is 1.10 bits per heavy atom. The van der Waals surface area contributed by atoms with Crippen LogP contribution in [0.25, 0.3) is 10.8 Å². The monoisotopic (exact) mass is 564 g/mol. The summed E-state index contributed by atoms with van der Waals surface area (Å²) in [5.41, 5.74) is 0.167. The van der Waals surface area contributed by atoms with Crippen molar-refractivity contribution in [3.63, 3.8) is 0 Å². The van der Waals surface area contributed by atoms with Gasteiger partial charge in [-0.05, 0) is 41.2 Å². The molecular formula is C32H40N2O5S. The number of fused-ring (bicyclic) bond motifs is 2. The normalized spacial score (nSPS) is 27.3. The van der Waals surface area contributed by atoms with Gasteiger partial charge in [-0.25, -0.2) is 0 Å². The number of piperidine rings is 1. The van der Waals surface area contributed by atoms with E-state index < -0.39 is 23.4 Å². The molecule has 0 spiro atoms. The summed E-state index contributed by atoms with van der Waals surface area (Å²) in [4.78, 5) is 45.1. The number of rotatable bonds is 5. The van der Waals surface area contributed by atoms with E-state index in [1.807, 2.05) is 53.9 Å². The Hall–Kier alpha value is -2.84. The van der Waals surface area contributed by atoms with Crippen molar-refractivity contribution < 1.29 is 23.9 Å². The minimum atomic E-state index is -1.20. The molecule has 3 aliphatic rings. The lowest BCUT2D eigenvalue weighted by Gasteiger charge is -2.53. The number of benzene rings is 2. The number of carbonyl (C=O) groups excluding carboxylic acids is 3. The first-order valence-corrected chi connectivity index (χ1v) is 15.3. The molecule has 4 atom stereocenters. The Morgan fingerprint density at radius 3 is 2.50 bits per heavy atom. The van der Waals surface area contributed by atoms with Crippen LogP contribution in [-0.4, -0.2) is 71.5 Å². The maximum atomic E-state index is 14.4. The summed E-state index contributed by atoms with van der Waals surface area (Å²) >= 11 is 1.83. The number of carbonyl (C=O) groups is 3. The van der Waals surface area contributed by atoms with Crippen LogP contribution in [0.1, 0.15) is 46.1 Å². The van der Waals surface area contributed by atoms with Gasteiger partial charge in [0, 0.05) is 42.6 Å². The van der Waals surface area contributed by atoms with E-state index in [1.54, 1.807) is 4.90 Å². The molecule has 0 saturated carbocycles. The highest BCUT2D eigenvalue weighted by atomic mass is 32.2. The molecule has 2 aromatic rings. The topological polar surface area (TPSA) is 76.2 Å². The second-order valence-electron chi connectivity index (χ2n) is 12.2. The molecule has 3 aliphatic heterocycles. The van der Waals surface area contributed by atoms with E-state index in [0.717, 1.165) is 27.8 Å². The molecule has 0 aromatic heterocycles. The molecule has 2 fully saturated rings. The summed E-state index contributed by atoms with van der Waals surface area (Å²) in [5, 5.41) is 2.14. The predicted octanol–water partition coefficient (Wildman–Crippen LogP) is 5.03. The predicted molar refractivity (Wildman–Crippen MR) is 157 cm³/mol. The Morgan fingerprint density at radius 2 is 1.80 bits per heavy atom. The Labute approximate surface area is 241 Å². The van der Waals surface area contributed by atoms with Crippen LogP contribution >= 0.6 is 11.8 Å². The molecule has 214 valence electrons. The molecule has 0 aliphatic carbocycles. The van der Waals surface area contributed by atoms with Gasteiger partial charge in [0.05, 0.1) is 25.9 Å². The van der Waals surface area contributed by atoms with Gasteiger partial charge in [-0.15, -0.1) is 0 Å². The van der Waals surface area contributed by atoms with Crippen molar-refractivity contribution in [1.29, 1.82) is 0 Å². The average Bonchev–Trinajstić information content (AvgIpc) is 2.95. The molecule has 2 aromatic carbocycles. The number of hydrogen-bond acceptors (Lipinski definition) is 6. The lowest BCUT2D eigenvalue weighted by molar-refractivity contribution is -0.180. The van der Waals surface area contributed by atoms with Crippen molar-refractivity contribution in [2.75, 3.05) is 31.7 Å². The first-order valence-electron chi connectivity index (χ1n) is 14.2. The van der Waals surface area contributed by atoms with Crippen molar-refractivity contribution in [3.05, 3.63) is 59.8 Å². The molecule has 3 heterocycles. The number of nitrogens with zero attached hydrogens (tertiary/aromatic N) is 2. The molecule has 40 heavy (non-hydrogen) atoms. The van der Waals surface area contributed by atoms with E-state index in [4.69, 9.17) is 9.47 Å². The molecule has 0 N–H and O–H groups in total. The molecule has 8 heteroatoms. The van der Waals surface area contributed by atoms with E-state index >= 15 is 0 Å². The van der Waals surface area contributed by atoms with Gasteiger partial charge in [-0.1, -0.05) is 63.2 Å². The first kappa shape index (κ1) is 28.7. The molecule has 0 bridgehead atoms. The van der Waals surface area contributed by atoms with E-state index in [0.29, 0.717) is 25.3 Å². The lowest BCUT2D eigenvalue weighted by atomic mass is 9.65. The second-order valence-corrected chi connectivity index (χ2v) is 13.5. The lowest BCUT2D eigenvalue weighted by Crippen LogP contribution is -2.61. The number of thioether (sulfide) groups is 1. The Bertz CT molecular complexity index is 1320. The van der Waals surface area contributed by atoms with E-state index in [-0.39, 0.29) is 36.2 Å². The minimum Gasteiger partial charge on any atom is -0.468 e. The van der Waals surface area contributed by atoms with Crippen molar-refractivity contribution in [2.45, 2.75) is 59.3 Å². The number of ether oxygens (including phenoxy) is 2. The van der Waals surface area contributed by atoms with Gasteiger partial charge in [0.15, 0.2) is 0 Å². The van der Waals surface area contributed by atoms with Gasteiger partial charge in [0.2, 0.25) is 11.8 Å². The highest BCUT2D eigenvalue weighted by Gasteiger charge is 2.60. The van der Waals surface area contributed by atoms with Gasteiger partial charge in [-0.3, -0.25) is 14.4 Å². The fraction of sp³-hybridized carbons (Fsp3) is 0.531. The zero-order valence-electron chi connectivity index (χ0n) is 24.1. The minimum absolute atomic E-state index is 0.0341. The maximum absolute atomic E-state index is 14.4. The van der Waals surface area contributed by atoms with Gasteiger partial charge in [0.1, 0.15) is 5.41 Å². The summed E-state index contributed by atoms with van der Waals surface area (Å²) < 4.78 is 11.9. The van der Waals surface area contributed by atoms with Crippen LogP contribution in [0.5, 0.6) is 0 Å². The molecule has 2 amide bonds. The smallest absolute Gasteiger partial charge is 0.320 e. The van der Waals surface area contributed by atoms with Crippen LogP contribution in [0, 0.1) is 16.7 Å². The van der Waals surface area contributed by atoms with Crippen molar-refractivity contribution in [3.8, 4) is 0 Å².